The van der Waals surface area contributed by atoms with Crippen molar-refractivity contribution in [2.75, 3.05) is 19.6 Å². The van der Waals surface area contributed by atoms with Gasteiger partial charge in [0, 0.05) is 25.7 Å². The molecule has 126 valence electrons. The van der Waals surface area contributed by atoms with Gasteiger partial charge in [0.25, 0.3) is 5.91 Å². The Labute approximate surface area is 145 Å². The zero-order valence-electron chi connectivity index (χ0n) is 13.4. The molecule has 24 heavy (non-hydrogen) atoms. The summed E-state index contributed by atoms with van der Waals surface area (Å²) < 4.78 is 0. The summed E-state index contributed by atoms with van der Waals surface area (Å²) in [5.41, 5.74) is 1.28. The molecule has 0 bridgehead atoms. The minimum absolute atomic E-state index is 0.0198. The molecule has 1 fully saturated rings. The second-order valence-corrected chi connectivity index (χ2v) is 6.88. The fourth-order valence-corrected chi connectivity index (χ4v) is 3.51. The van der Waals surface area contributed by atoms with Crippen LogP contribution < -0.4 is 10.6 Å². The zero-order chi connectivity index (χ0) is 16.8. The topological polar surface area (TPSA) is 61.4 Å². The van der Waals surface area contributed by atoms with Crippen LogP contribution in [-0.4, -0.2) is 42.4 Å². The number of thiophene rings is 1. The number of nitrogens with zero attached hydrogens (tertiary/aromatic N) is 1. The van der Waals surface area contributed by atoms with Gasteiger partial charge >= 0.3 is 0 Å². The van der Waals surface area contributed by atoms with Gasteiger partial charge in [0.15, 0.2) is 0 Å². The average molecular weight is 343 g/mol. The number of carbonyl (C=O) groups is 2. The van der Waals surface area contributed by atoms with Gasteiger partial charge in [0.05, 0.1) is 11.4 Å². The maximum atomic E-state index is 12.0. The first-order valence-corrected chi connectivity index (χ1v) is 8.96. The van der Waals surface area contributed by atoms with E-state index in [9.17, 15) is 9.59 Å². The molecule has 0 saturated carbocycles. The molecular weight excluding hydrogens is 322 g/mol. The Morgan fingerprint density at radius 2 is 2.00 bits per heavy atom. The van der Waals surface area contributed by atoms with E-state index in [0.717, 1.165) is 26.1 Å². The maximum absolute atomic E-state index is 12.0. The van der Waals surface area contributed by atoms with Crippen LogP contribution >= 0.6 is 11.3 Å². The van der Waals surface area contributed by atoms with Crippen molar-refractivity contribution in [3.63, 3.8) is 0 Å². The van der Waals surface area contributed by atoms with Crippen LogP contribution in [0.3, 0.4) is 0 Å². The summed E-state index contributed by atoms with van der Waals surface area (Å²) >= 11 is 1.37. The molecule has 1 aliphatic heterocycles. The van der Waals surface area contributed by atoms with Gasteiger partial charge in [-0.15, -0.1) is 11.3 Å². The number of benzene rings is 1. The molecule has 6 heteroatoms. The first kappa shape index (κ1) is 16.7. The molecule has 1 unspecified atom stereocenters. The fourth-order valence-electron chi connectivity index (χ4n) is 2.87. The molecular formula is C18H21N3O2S. The van der Waals surface area contributed by atoms with E-state index in [4.69, 9.17) is 0 Å². The third-order valence-corrected chi connectivity index (χ3v) is 4.91. The molecule has 1 aliphatic rings. The Hall–Kier alpha value is -2.18. The van der Waals surface area contributed by atoms with Crippen LogP contribution in [0.25, 0.3) is 0 Å². The highest BCUT2D eigenvalue weighted by atomic mass is 32.1. The van der Waals surface area contributed by atoms with E-state index in [2.05, 4.69) is 27.7 Å². The van der Waals surface area contributed by atoms with Gasteiger partial charge in [-0.1, -0.05) is 36.4 Å². The number of amides is 2. The largest absolute Gasteiger partial charge is 0.350 e. The quantitative estimate of drug-likeness (QED) is 0.842. The van der Waals surface area contributed by atoms with Gasteiger partial charge in [-0.25, -0.2) is 0 Å². The van der Waals surface area contributed by atoms with Gasteiger partial charge in [0.1, 0.15) is 0 Å². The predicted molar refractivity (Wildman–Crippen MR) is 94.9 cm³/mol. The summed E-state index contributed by atoms with van der Waals surface area (Å²) in [5, 5.41) is 7.50. The predicted octanol–water partition coefficient (Wildman–Crippen LogP) is 1.87. The zero-order valence-corrected chi connectivity index (χ0v) is 14.2. The lowest BCUT2D eigenvalue weighted by atomic mass is 10.2. The van der Waals surface area contributed by atoms with E-state index in [1.807, 2.05) is 29.6 Å². The number of hydrogen-bond acceptors (Lipinski definition) is 4. The summed E-state index contributed by atoms with van der Waals surface area (Å²) in [6, 6.07) is 14.1. The monoisotopic (exact) mass is 343 g/mol. The Bertz CT molecular complexity index is 673. The lowest BCUT2D eigenvalue weighted by Gasteiger charge is -2.17. The van der Waals surface area contributed by atoms with Gasteiger partial charge in [-0.3, -0.25) is 14.5 Å². The van der Waals surface area contributed by atoms with Crippen molar-refractivity contribution >= 4 is 23.2 Å². The third kappa shape index (κ3) is 4.66. The second-order valence-electron chi connectivity index (χ2n) is 5.93. The third-order valence-electron chi connectivity index (χ3n) is 4.04. The molecule has 0 radical (unpaired) electrons. The normalized spacial score (nSPS) is 17.6. The van der Waals surface area contributed by atoms with Crippen molar-refractivity contribution in [1.29, 1.82) is 0 Å². The van der Waals surface area contributed by atoms with Crippen molar-refractivity contribution in [2.45, 2.75) is 19.0 Å². The molecule has 2 amide bonds. The van der Waals surface area contributed by atoms with Crippen molar-refractivity contribution in [3.05, 3.63) is 58.3 Å². The van der Waals surface area contributed by atoms with Crippen LogP contribution in [0.5, 0.6) is 0 Å². The van der Waals surface area contributed by atoms with Crippen LogP contribution in [0.4, 0.5) is 0 Å². The SMILES string of the molecule is O=C(CNC(=O)c1cccs1)NC1CCN(Cc2ccccc2)C1. The van der Waals surface area contributed by atoms with Gasteiger partial charge < -0.3 is 10.6 Å². The molecule has 2 heterocycles. The van der Waals surface area contributed by atoms with Gasteiger partial charge in [-0.05, 0) is 23.4 Å². The van der Waals surface area contributed by atoms with Crippen molar-refractivity contribution in [1.82, 2.24) is 15.5 Å². The molecule has 3 rings (SSSR count). The van der Waals surface area contributed by atoms with Crippen molar-refractivity contribution < 1.29 is 9.59 Å². The minimum Gasteiger partial charge on any atom is -0.350 e. The van der Waals surface area contributed by atoms with Crippen LogP contribution in [0, 0.1) is 0 Å². The smallest absolute Gasteiger partial charge is 0.261 e. The molecule has 1 aromatic carbocycles. The molecule has 0 aliphatic carbocycles. The average Bonchev–Trinajstić information content (AvgIpc) is 3.26. The first-order valence-electron chi connectivity index (χ1n) is 8.08. The van der Waals surface area contributed by atoms with Crippen LogP contribution in [0.2, 0.25) is 0 Å². The molecule has 1 atom stereocenters. The van der Waals surface area contributed by atoms with E-state index < -0.39 is 0 Å². The highest BCUT2D eigenvalue weighted by molar-refractivity contribution is 7.12. The number of rotatable bonds is 6. The molecule has 1 aromatic heterocycles. The summed E-state index contributed by atoms with van der Waals surface area (Å²) in [6.07, 6.45) is 0.942. The molecule has 1 saturated heterocycles. The summed E-state index contributed by atoms with van der Waals surface area (Å²) in [4.78, 5) is 26.8. The Kier molecular flexibility index (Phi) is 5.61. The standard InChI is InChI=1S/C18H21N3O2S/c22-17(11-19-18(23)16-7-4-10-24-16)20-15-8-9-21(13-15)12-14-5-2-1-3-6-14/h1-7,10,15H,8-9,11-13H2,(H,19,23)(H,20,22). The van der Waals surface area contributed by atoms with E-state index >= 15 is 0 Å². The summed E-state index contributed by atoms with van der Waals surface area (Å²) in [6.45, 7) is 2.75. The lowest BCUT2D eigenvalue weighted by molar-refractivity contribution is -0.120. The molecule has 0 spiro atoms. The number of likely N-dealkylation sites (tertiary alicyclic amines) is 1. The van der Waals surface area contributed by atoms with Crippen LogP contribution in [-0.2, 0) is 11.3 Å². The minimum atomic E-state index is -0.197. The van der Waals surface area contributed by atoms with E-state index in [1.54, 1.807) is 6.07 Å². The Morgan fingerprint density at radius 3 is 2.75 bits per heavy atom. The van der Waals surface area contributed by atoms with Crippen molar-refractivity contribution in [2.24, 2.45) is 0 Å². The second kappa shape index (κ2) is 8.08. The summed E-state index contributed by atoms with van der Waals surface area (Å²) in [7, 11) is 0. The van der Waals surface area contributed by atoms with E-state index in [0.29, 0.717) is 4.88 Å². The van der Waals surface area contributed by atoms with Crippen LogP contribution in [0.15, 0.2) is 47.8 Å². The Balaban J connectivity index is 1.39. The Morgan fingerprint density at radius 1 is 1.17 bits per heavy atom. The maximum Gasteiger partial charge on any atom is 0.261 e. The lowest BCUT2D eigenvalue weighted by Crippen LogP contribution is -2.43. The fraction of sp³-hybridized carbons (Fsp3) is 0.333. The number of carbonyl (C=O) groups excluding carboxylic acids is 2. The highest BCUT2D eigenvalue weighted by Gasteiger charge is 2.23. The van der Waals surface area contributed by atoms with Gasteiger partial charge in [0.2, 0.25) is 5.91 Å². The summed E-state index contributed by atoms with van der Waals surface area (Å²) in [5.74, 6) is -0.330. The van der Waals surface area contributed by atoms with Crippen LogP contribution in [0.1, 0.15) is 21.7 Å². The number of nitrogens with one attached hydrogen (secondary N) is 2. The van der Waals surface area contributed by atoms with E-state index in [-0.39, 0.29) is 24.4 Å². The highest BCUT2D eigenvalue weighted by Crippen LogP contribution is 2.13. The molecule has 5 nitrogen and oxygen atoms in total. The van der Waals surface area contributed by atoms with E-state index in [1.165, 1.54) is 16.9 Å². The number of hydrogen-bond donors (Lipinski definition) is 2. The molecule has 2 N–H and O–H groups in total. The molecule has 2 aromatic rings. The van der Waals surface area contributed by atoms with Crippen molar-refractivity contribution in [3.8, 4) is 0 Å². The van der Waals surface area contributed by atoms with Gasteiger partial charge in [-0.2, -0.15) is 0 Å². The first-order chi connectivity index (χ1) is 11.7.